The van der Waals surface area contributed by atoms with E-state index in [0.29, 0.717) is 0 Å². The molecule has 1 saturated heterocycles. The molecule has 2 aliphatic heterocycles. The average molecular weight is 276 g/mol. The Balaban J connectivity index is 2.55. The normalized spacial score (nSPS) is 42.9. The van der Waals surface area contributed by atoms with Crippen molar-refractivity contribution in [3.8, 4) is 0 Å². The Hall–Kier alpha value is 0.530. The number of ether oxygens (including phenoxy) is 1. The van der Waals surface area contributed by atoms with Crippen molar-refractivity contribution >= 4 is 52.2 Å². The highest BCUT2D eigenvalue weighted by Gasteiger charge is 2.67. The molecule has 2 atom stereocenters. The summed E-state index contributed by atoms with van der Waals surface area (Å²) in [6.45, 7) is 1.62. The number of rotatable bonds is 0. The summed E-state index contributed by atoms with van der Waals surface area (Å²) >= 11 is 23.5. The molecule has 1 fully saturated rings. The van der Waals surface area contributed by atoms with Gasteiger partial charge in [-0.3, -0.25) is 4.79 Å². The van der Waals surface area contributed by atoms with Gasteiger partial charge in [0.05, 0.1) is 0 Å². The summed E-state index contributed by atoms with van der Waals surface area (Å²) in [7, 11) is 0. The molecular weight excluding hydrogens is 270 g/mol. The van der Waals surface area contributed by atoms with Crippen LogP contribution in [-0.4, -0.2) is 26.2 Å². The molecule has 78 valence electrons. The van der Waals surface area contributed by atoms with Crippen LogP contribution in [0.3, 0.4) is 0 Å². The summed E-state index contributed by atoms with van der Waals surface area (Å²) in [5.74, 6) is -0.639. The highest BCUT2D eigenvalue weighted by Crippen LogP contribution is 2.54. The van der Waals surface area contributed by atoms with Crippen molar-refractivity contribution in [1.29, 1.82) is 0 Å². The fourth-order valence-corrected chi connectivity index (χ4v) is 2.78. The first-order valence-electron chi connectivity index (χ1n) is 3.89. The molecule has 0 aromatic carbocycles. The van der Waals surface area contributed by atoms with Gasteiger partial charge in [0, 0.05) is 0 Å². The van der Waals surface area contributed by atoms with Gasteiger partial charge in [-0.05, 0) is 6.92 Å². The molecule has 0 radical (unpaired) electrons. The monoisotopic (exact) mass is 274 g/mol. The second kappa shape index (κ2) is 2.80. The SMILES string of the molecule is C[C@]12C=C[C@@H](O1)C(Cl)(Cl)C(=O)C2(Cl)Cl. The maximum atomic E-state index is 11.8. The molecule has 2 rings (SSSR count). The third-order valence-corrected chi connectivity index (χ3v) is 4.40. The Morgan fingerprint density at radius 1 is 1.36 bits per heavy atom. The van der Waals surface area contributed by atoms with Gasteiger partial charge in [-0.25, -0.2) is 0 Å². The molecule has 0 saturated carbocycles. The van der Waals surface area contributed by atoms with Gasteiger partial charge in [-0.15, -0.1) is 0 Å². The minimum atomic E-state index is -1.75. The largest absolute Gasteiger partial charge is 0.357 e. The Morgan fingerprint density at radius 2 is 1.93 bits per heavy atom. The van der Waals surface area contributed by atoms with Crippen LogP contribution >= 0.6 is 46.4 Å². The van der Waals surface area contributed by atoms with E-state index in [-0.39, 0.29) is 0 Å². The number of carbonyl (C=O) groups excluding carboxylic acids is 1. The van der Waals surface area contributed by atoms with Crippen molar-refractivity contribution in [2.75, 3.05) is 0 Å². The van der Waals surface area contributed by atoms with Crippen LogP contribution in [0, 0.1) is 0 Å². The molecule has 0 aromatic rings. The molecule has 0 aliphatic carbocycles. The highest BCUT2D eigenvalue weighted by atomic mass is 35.5. The topological polar surface area (TPSA) is 26.3 Å². The van der Waals surface area contributed by atoms with Gasteiger partial charge in [0.15, 0.2) is 0 Å². The lowest BCUT2D eigenvalue weighted by Gasteiger charge is -2.44. The number of alkyl halides is 4. The van der Waals surface area contributed by atoms with E-state index in [9.17, 15) is 4.79 Å². The Labute approximate surface area is 101 Å². The lowest BCUT2D eigenvalue weighted by atomic mass is 9.95. The Bertz CT molecular complexity index is 336. The molecule has 6 heteroatoms. The average Bonchev–Trinajstić information content (AvgIpc) is 2.45. The van der Waals surface area contributed by atoms with E-state index >= 15 is 0 Å². The standard InChI is InChI=1S/C8H6Cl4O2/c1-6-3-2-4(14-6)7(9,10)5(13)8(6,11)12/h2-4H,1H3/t4-,6-/m1/s1. The van der Waals surface area contributed by atoms with Crippen LogP contribution in [0.25, 0.3) is 0 Å². The van der Waals surface area contributed by atoms with Crippen molar-refractivity contribution in [3.63, 3.8) is 0 Å². The fraction of sp³-hybridized carbons (Fsp3) is 0.625. The van der Waals surface area contributed by atoms with Crippen molar-refractivity contribution in [3.05, 3.63) is 12.2 Å². The van der Waals surface area contributed by atoms with Crippen molar-refractivity contribution in [1.82, 2.24) is 0 Å². The lowest BCUT2D eigenvalue weighted by Crippen LogP contribution is -2.62. The summed E-state index contributed by atoms with van der Waals surface area (Å²) in [6.07, 6.45) is 2.53. The van der Waals surface area contributed by atoms with E-state index < -0.39 is 26.2 Å². The molecule has 2 heterocycles. The smallest absolute Gasteiger partial charge is 0.210 e. The number of hydrogen-bond acceptors (Lipinski definition) is 2. The second-order valence-corrected chi connectivity index (χ2v) is 6.24. The molecular formula is C8H6Cl4O2. The van der Waals surface area contributed by atoms with Crippen molar-refractivity contribution < 1.29 is 9.53 Å². The summed E-state index contributed by atoms with van der Waals surface area (Å²) in [6, 6.07) is 0. The number of Topliss-reactive ketones (excluding diaryl/α,β-unsaturated/α-hetero) is 1. The van der Waals surface area contributed by atoms with E-state index in [2.05, 4.69) is 0 Å². The second-order valence-electron chi connectivity index (χ2n) is 3.53. The zero-order chi connectivity index (χ0) is 10.8. The molecule has 0 unspecified atom stereocenters. The number of fused-ring (bicyclic) bond motifs is 2. The zero-order valence-corrected chi connectivity index (χ0v) is 10.1. The molecule has 2 bridgehead atoms. The minimum absolute atomic E-state index is 0.639. The first kappa shape index (κ1) is 11.0. The van der Waals surface area contributed by atoms with Gasteiger partial charge in [0.25, 0.3) is 0 Å². The number of ketones is 1. The van der Waals surface area contributed by atoms with E-state index in [1.165, 1.54) is 0 Å². The summed E-state index contributed by atoms with van der Waals surface area (Å²) in [4.78, 5) is 11.8. The van der Waals surface area contributed by atoms with E-state index in [1.54, 1.807) is 19.1 Å². The van der Waals surface area contributed by atoms with Crippen LogP contribution in [0.1, 0.15) is 6.92 Å². The summed E-state index contributed by atoms with van der Waals surface area (Å²) in [5, 5.41) is 0. The Morgan fingerprint density at radius 3 is 2.50 bits per heavy atom. The molecule has 2 aliphatic rings. The third kappa shape index (κ3) is 1.12. The van der Waals surface area contributed by atoms with Crippen LogP contribution in [-0.2, 0) is 9.53 Å². The predicted molar refractivity (Wildman–Crippen MR) is 56.3 cm³/mol. The molecule has 0 aromatic heterocycles. The molecule has 2 nitrogen and oxygen atoms in total. The van der Waals surface area contributed by atoms with Crippen LogP contribution in [0.15, 0.2) is 12.2 Å². The van der Waals surface area contributed by atoms with Crippen LogP contribution < -0.4 is 0 Å². The van der Waals surface area contributed by atoms with E-state index in [0.717, 1.165) is 0 Å². The van der Waals surface area contributed by atoms with E-state index in [4.69, 9.17) is 51.1 Å². The lowest BCUT2D eigenvalue weighted by molar-refractivity contribution is -0.139. The third-order valence-electron chi connectivity index (χ3n) is 2.53. The van der Waals surface area contributed by atoms with Gasteiger partial charge in [0.1, 0.15) is 11.7 Å². The molecule has 14 heavy (non-hydrogen) atoms. The van der Waals surface area contributed by atoms with Crippen LogP contribution in [0.5, 0.6) is 0 Å². The first-order valence-corrected chi connectivity index (χ1v) is 5.41. The maximum absolute atomic E-state index is 11.8. The van der Waals surface area contributed by atoms with E-state index in [1.807, 2.05) is 0 Å². The van der Waals surface area contributed by atoms with Crippen LogP contribution in [0.4, 0.5) is 0 Å². The van der Waals surface area contributed by atoms with Crippen molar-refractivity contribution in [2.45, 2.75) is 27.3 Å². The molecule has 0 spiro atoms. The highest BCUT2D eigenvalue weighted by molar-refractivity contribution is 6.70. The predicted octanol–water partition coefficient (Wildman–Crippen LogP) is 2.63. The van der Waals surface area contributed by atoms with Crippen molar-refractivity contribution in [2.24, 2.45) is 0 Å². The van der Waals surface area contributed by atoms with Crippen LogP contribution in [0.2, 0.25) is 0 Å². The molecule has 0 N–H and O–H groups in total. The van der Waals surface area contributed by atoms with Gasteiger partial charge in [-0.2, -0.15) is 0 Å². The maximum Gasteiger partial charge on any atom is 0.210 e. The summed E-state index contributed by atoms with van der Waals surface area (Å²) < 4.78 is 1.96. The number of hydrogen-bond donors (Lipinski definition) is 0. The van der Waals surface area contributed by atoms with Gasteiger partial charge < -0.3 is 4.74 Å². The van der Waals surface area contributed by atoms with Gasteiger partial charge >= 0.3 is 0 Å². The zero-order valence-electron chi connectivity index (χ0n) is 7.06. The number of halogens is 4. The minimum Gasteiger partial charge on any atom is -0.357 e. The first-order chi connectivity index (χ1) is 6.22. The molecule has 0 amide bonds. The van der Waals surface area contributed by atoms with Gasteiger partial charge in [-0.1, -0.05) is 58.6 Å². The summed E-state index contributed by atoms with van der Waals surface area (Å²) in [5.41, 5.74) is -1.05. The quantitative estimate of drug-likeness (QED) is 0.502. The number of carbonyl (C=O) groups is 1. The fourth-order valence-electron chi connectivity index (χ4n) is 1.55. The van der Waals surface area contributed by atoms with Gasteiger partial charge in [0.2, 0.25) is 14.4 Å². The Kier molecular flexibility index (Phi) is 2.21.